The molecule has 5 nitrogen and oxygen atoms in total. The summed E-state index contributed by atoms with van der Waals surface area (Å²) in [5.74, 6) is 0.862. The third-order valence-electron chi connectivity index (χ3n) is 6.19. The molecule has 2 heterocycles. The van der Waals surface area contributed by atoms with Crippen molar-refractivity contribution < 1.29 is 9.59 Å². The first-order valence-corrected chi connectivity index (χ1v) is 11.4. The number of benzene rings is 1. The molecule has 0 aliphatic carbocycles. The van der Waals surface area contributed by atoms with Crippen LogP contribution in [0.15, 0.2) is 30.3 Å². The predicted molar refractivity (Wildman–Crippen MR) is 117 cm³/mol. The number of carbonyl (C=O) groups excluding carboxylic acids is 2. The van der Waals surface area contributed by atoms with E-state index in [0.29, 0.717) is 12.0 Å². The Bertz CT molecular complexity index is 666. The van der Waals surface area contributed by atoms with Gasteiger partial charge in [0.15, 0.2) is 0 Å². The molecule has 0 bridgehead atoms. The van der Waals surface area contributed by atoms with Gasteiger partial charge in [0.1, 0.15) is 5.38 Å². The zero-order chi connectivity index (χ0) is 20.8. The first-order valence-electron chi connectivity index (χ1n) is 10.9. The van der Waals surface area contributed by atoms with Crippen molar-refractivity contribution in [1.82, 2.24) is 15.1 Å². The van der Waals surface area contributed by atoms with Crippen LogP contribution < -0.4 is 5.32 Å². The Morgan fingerprint density at radius 2 is 1.66 bits per heavy atom. The Morgan fingerprint density at radius 3 is 2.24 bits per heavy atom. The van der Waals surface area contributed by atoms with Gasteiger partial charge in [-0.15, -0.1) is 11.6 Å². The Morgan fingerprint density at radius 1 is 1.03 bits per heavy atom. The highest BCUT2D eigenvalue weighted by atomic mass is 35.5. The van der Waals surface area contributed by atoms with E-state index in [0.717, 1.165) is 64.0 Å². The van der Waals surface area contributed by atoms with Gasteiger partial charge in [-0.05, 0) is 50.3 Å². The molecule has 1 aromatic rings. The third-order valence-corrected chi connectivity index (χ3v) is 6.63. The number of halogens is 1. The number of amides is 2. The van der Waals surface area contributed by atoms with Crippen molar-refractivity contribution >= 4 is 23.4 Å². The minimum Gasteiger partial charge on any atom is -0.356 e. The third kappa shape index (κ3) is 5.95. The van der Waals surface area contributed by atoms with E-state index in [1.54, 1.807) is 0 Å². The lowest BCUT2D eigenvalue weighted by atomic mass is 9.92. The van der Waals surface area contributed by atoms with Crippen molar-refractivity contribution in [3.05, 3.63) is 35.9 Å². The van der Waals surface area contributed by atoms with Gasteiger partial charge in [0.05, 0.1) is 0 Å². The SMILES string of the molecule is CC(C)CNC(=O)C1CCN(C2CCN(C(=O)C(Cl)c3ccccc3)CC2)CC1. The molecule has 1 aromatic carbocycles. The standard InChI is InChI=1S/C23H34ClN3O2/c1-17(2)16-25-22(28)19-8-12-26(13-9-19)20-10-14-27(15-11-20)23(29)21(24)18-6-4-3-5-7-18/h3-7,17,19-21H,8-16H2,1-2H3,(H,25,28). The lowest BCUT2D eigenvalue weighted by molar-refractivity contribution is -0.133. The van der Waals surface area contributed by atoms with Gasteiger partial charge in [-0.1, -0.05) is 44.2 Å². The van der Waals surface area contributed by atoms with E-state index in [4.69, 9.17) is 11.6 Å². The highest BCUT2D eigenvalue weighted by molar-refractivity contribution is 6.30. The minimum absolute atomic E-state index is 0.0110. The smallest absolute Gasteiger partial charge is 0.245 e. The van der Waals surface area contributed by atoms with Gasteiger partial charge in [0.25, 0.3) is 0 Å². The number of likely N-dealkylation sites (tertiary alicyclic amines) is 2. The largest absolute Gasteiger partial charge is 0.356 e. The maximum Gasteiger partial charge on any atom is 0.245 e. The van der Waals surface area contributed by atoms with Crippen LogP contribution in [0.3, 0.4) is 0 Å². The molecule has 160 valence electrons. The number of hydrogen-bond donors (Lipinski definition) is 1. The number of hydrogen-bond acceptors (Lipinski definition) is 3. The van der Waals surface area contributed by atoms with Crippen LogP contribution in [-0.4, -0.2) is 60.4 Å². The zero-order valence-electron chi connectivity index (χ0n) is 17.6. The van der Waals surface area contributed by atoms with E-state index in [9.17, 15) is 9.59 Å². The molecule has 2 saturated heterocycles. The van der Waals surface area contributed by atoms with Gasteiger partial charge in [-0.3, -0.25) is 9.59 Å². The van der Waals surface area contributed by atoms with Crippen molar-refractivity contribution in [1.29, 1.82) is 0 Å². The first kappa shape index (κ1) is 22.1. The molecule has 0 aromatic heterocycles. The Balaban J connectivity index is 1.42. The summed E-state index contributed by atoms with van der Waals surface area (Å²) in [5.41, 5.74) is 0.860. The number of nitrogens with zero attached hydrogens (tertiary/aromatic N) is 2. The second-order valence-electron chi connectivity index (χ2n) is 8.78. The molecule has 0 radical (unpaired) electrons. The summed E-state index contributed by atoms with van der Waals surface area (Å²) in [7, 11) is 0. The summed E-state index contributed by atoms with van der Waals surface area (Å²) >= 11 is 6.43. The first-order chi connectivity index (χ1) is 14.0. The van der Waals surface area contributed by atoms with Gasteiger partial charge in [0.2, 0.25) is 11.8 Å². The van der Waals surface area contributed by atoms with Gasteiger partial charge in [-0.25, -0.2) is 0 Å². The van der Waals surface area contributed by atoms with E-state index < -0.39 is 5.38 Å². The van der Waals surface area contributed by atoms with Gasteiger partial charge in [0, 0.05) is 31.6 Å². The summed E-state index contributed by atoms with van der Waals surface area (Å²) in [6.45, 7) is 8.46. The van der Waals surface area contributed by atoms with Crippen LogP contribution in [0.25, 0.3) is 0 Å². The average molecular weight is 420 g/mol. The molecule has 0 saturated carbocycles. The van der Waals surface area contributed by atoms with Crippen LogP contribution in [0, 0.1) is 11.8 Å². The normalized spacial score (nSPS) is 20.6. The van der Waals surface area contributed by atoms with Crippen molar-refractivity contribution in [2.75, 3.05) is 32.7 Å². The Labute approximate surface area is 179 Å². The van der Waals surface area contributed by atoms with Crippen LogP contribution in [0.2, 0.25) is 0 Å². The van der Waals surface area contributed by atoms with E-state index in [1.807, 2.05) is 35.2 Å². The topological polar surface area (TPSA) is 52.7 Å². The van der Waals surface area contributed by atoms with Crippen LogP contribution in [0.1, 0.15) is 50.5 Å². The average Bonchev–Trinajstić information content (AvgIpc) is 2.77. The van der Waals surface area contributed by atoms with E-state index in [1.165, 1.54) is 0 Å². The van der Waals surface area contributed by atoms with Crippen LogP contribution in [0.5, 0.6) is 0 Å². The van der Waals surface area contributed by atoms with E-state index in [2.05, 4.69) is 24.1 Å². The molecule has 6 heteroatoms. The fraction of sp³-hybridized carbons (Fsp3) is 0.652. The molecule has 2 fully saturated rings. The van der Waals surface area contributed by atoms with E-state index in [-0.39, 0.29) is 17.7 Å². The lowest BCUT2D eigenvalue weighted by Crippen LogP contribution is -2.50. The van der Waals surface area contributed by atoms with Gasteiger partial charge < -0.3 is 15.1 Å². The van der Waals surface area contributed by atoms with E-state index >= 15 is 0 Å². The quantitative estimate of drug-likeness (QED) is 0.718. The highest BCUT2D eigenvalue weighted by Gasteiger charge is 2.33. The monoisotopic (exact) mass is 419 g/mol. The molecule has 29 heavy (non-hydrogen) atoms. The summed E-state index contributed by atoms with van der Waals surface area (Å²) in [5, 5.41) is 2.47. The van der Waals surface area contributed by atoms with Crippen LogP contribution >= 0.6 is 11.6 Å². The minimum atomic E-state index is -0.604. The van der Waals surface area contributed by atoms with Crippen molar-refractivity contribution in [3.8, 4) is 0 Å². The fourth-order valence-corrected chi connectivity index (χ4v) is 4.64. The van der Waals surface area contributed by atoms with Crippen molar-refractivity contribution in [2.24, 2.45) is 11.8 Å². The Hall–Kier alpha value is -1.59. The fourth-order valence-electron chi connectivity index (χ4n) is 4.35. The second kappa shape index (κ2) is 10.4. The van der Waals surface area contributed by atoms with Crippen LogP contribution in [0.4, 0.5) is 0 Å². The zero-order valence-corrected chi connectivity index (χ0v) is 18.4. The number of carbonyl (C=O) groups is 2. The summed E-state index contributed by atoms with van der Waals surface area (Å²) in [6.07, 6.45) is 3.82. The number of alkyl halides is 1. The van der Waals surface area contributed by atoms with Crippen LogP contribution in [-0.2, 0) is 9.59 Å². The number of piperidine rings is 2. The maximum atomic E-state index is 12.7. The Kier molecular flexibility index (Phi) is 7.96. The molecule has 1 atom stereocenters. The maximum absolute atomic E-state index is 12.7. The molecule has 2 aliphatic rings. The molecule has 2 amide bonds. The lowest BCUT2D eigenvalue weighted by Gasteiger charge is -2.41. The molecular formula is C23H34ClN3O2. The summed E-state index contributed by atoms with van der Waals surface area (Å²) in [4.78, 5) is 29.5. The molecule has 3 rings (SSSR count). The summed E-state index contributed by atoms with van der Waals surface area (Å²) in [6, 6.07) is 10.1. The number of nitrogens with one attached hydrogen (secondary N) is 1. The van der Waals surface area contributed by atoms with Crippen molar-refractivity contribution in [2.45, 2.75) is 50.9 Å². The second-order valence-corrected chi connectivity index (χ2v) is 9.22. The van der Waals surface area contributed by atoms with Crippen molar-refractivity contribution in [3.63, 3.8) is 0 Å². The molecule has 1 unspecified atom stereocenters. The summed E-state index contributed by atoms with van der Waals surface area (Å²) < 4.78 is 0. The van der Waals surface area contributed by atoms with Gasteiger partial charge >= 0.3 is 0 Å². The molecule has 0 spiro atoms. The highest BCUT2D eigenvalue weighted by Crippen LogP contribution is 2.27. The van der Waals surface area contributed by atoms with Gasteiger partial charge in [-0.2, -0.15) is 0 Å². The molecule has 1 N–H and O–H groups in total. The molecular weight excluding hydrogens is 386 g/mol. The molecule has 2 aliphatic heterocycles. The number of rotatable bonds is 6. The predicted octanol–water partition coefficient (Wildman–Crippen LogP) is 3.44.